The van der Waals surface area contributed by atoms with Crippen LogP contribution in [0, 0.1) is 0 Å². The van der Waals surface area contributed by atoms with Gasteiger partial charge in [0.1, 0.15) is 0 Å². The number of ether oxygens (including phenoxy) is 3. The van der Waals surface area contributed by atoms with Gasteiger partial charge < -0.3 is 24.8 Å². The summed E-state index contributed by atoms with van der Waals surface area (Å²) in [4.78, 5) is 4.31. The van der Waals surface area contributed by atoms with Crippen molar-refractivity contribution in [3.05, 3.63) is 17.7 Å². The minimum absolute atomic E-state index is 0. The van der Waals surface area contributed by atoms with Crippen molar-refractivity contribution < 1.29 is 14.2 Å². The van der Waals surface area contributed by atoms with Crippen molar-refractivity contribution in [3.8, 4) is 17.2 Å². The van der Waals surface area contributed by atoms with Gasteiger partial charge in [0.15, 0.2) is 17.5 Å². The van der Waals surface area contributed by atoms with E-state index < -0.39 is 0 Å². The van der Waals surface area contributed by atoms with Crippen molar-refractivity contribution >= 4 is 29.9 Å². The lowest BCUT2D eigenvalue weighted by molar-refractivity contribution is 0.322. The van der Waals surface area contributed by atoms with E-state index in [1.165, 1.54) is 19.3 Å². The van der Waals surface area contributed by atoms with E-state index in [1.54, 1.807) is 28.4 Å². The van der Waals surface area contributed by atoms with Crippen molar-refractivity contribution in [2.24, 2.45) is 4.99 Å². The number of hydrogen-bond donors (Lipinski definition) is 2. The van der Waals surface area contributed by atoms with Gasteiger partial charge in [-0.15, -0.1) is 24.0 Å². The molecule has 0 aliphatic rings. The van der Waals surface area contributed by atoms with Crippen molar-refractivity contribution in [1.82, 2.24) is 10.6 Å². The molecular weight excluding hydrogens is 457 g/mol. The largest absolute Gasteiger partial charge is 0.493 e. The highest BCUT2D eigenvalue weighted by Gasteiger charge is 2.15. The van der Waals surface area contributed by atoms with Crippen LogP contribution in [0.4, 0.5) is 0 Å². The second-order valence-electron chi connectivity index (χ2n) is 6.28. The highest BCUT2D eigenvalue weighted by atomic mass is 127. The van der Waals surface area contributed by atoms with E-state index in [0.717, 1.165) is 30.9 Å². The molecule has 6 nitrogen and oxygen atoms in total. The van der Waals surface area contributed by atoms with Gasteiger partial charge >= 0.3 is 0 Å². The molecule has 1 aromatic rings. The van der Waals surface area contributed by atoms with Crippen LogP contribution in [0.5, 0.6) is 17.2 Å². The molecule has 27 heavy (non-hydrogen) atoms. The first-order chi connectivity index (χ1) is 12.6. The first-order valence-corrected chi connectivity index (χ1v) is 9.36. The third-order valence-electron chi connectivity index (χ3n) is 4.32. The van der Waals surface area contributed by atoms with Crippen LogP contribution in [0.15, 0.2) is 17.1 Å². The second-order valence-corrected chi connectivity index (χ2v) is 6.28. The van der Waals surface area contributed by atoms with Crippen LogP contribution in [0.3, 0.4) is 0 Å². The Balaban J connectivity index is 0.00000676. The number of aliphatic imine (C=N–C) groups is 1. The number of nitrogens with one attached hydrogen (secondary N) is 2. The fraction of sp³-hybridized carbons (Fsp3) is 0.650. The molecule has 0 radical (unpaired) electrons. The number of hydrogen-bond acceptors (Lipinski definition) is 4. The van der Waals surface area contributed by atoms with Gasteiger partial charge in [-0.3, -0.25) is 4.99 Å². The number of methoxy groups -OCH3 is 3. The second kappa shape index (κ2) is 14.6. The fourth-order valence-corrected chi connectivity index (χ4v) is 2.88. The Morgan fingerprint density at radius 1 is 1.07 bits per heavy atom. The molecule has 1 rings (SSSR count). The topological polar surface area (TPSA) is 64.1 Å². The number of nitrogens with zero attached hydrogens (tertiary/aromatic N) is 1. The first kappa shape index (κ1) is 25.6. The summed E-state index contributed by atoms with van der Waals surface area (Å²) in [7, 11) is 6.68. The third-order valence-corrected chi connectivity index (χ3v) is 4.32. The predicted molar refractivity (Wildman–Crippen MR) is 123 cm³/mol. The van der Waals surface area contributed by atoms with Crippen LogP contribution in [0.25, 0.3) is 0 Å². The predicted octanol–water partition coefficient (Wildman–Crippen LogP) is 4.01. The molecule has 0 heterocycles. The summed E-state index contributed by atoms with van der Waals surface area (Å²) >= 11 is 0. The SMILES string of the molecule is CCCCCC(C)NC(=NC)NCCc1ccc(OC)c(OC)c1OC.I. The van der Waals surface area contributed by atoms with Gasteiger partial charge in [0.05, 0.1) is 21.3 Å². The van der Waals surface area contributed by atoms with Crippen molar-refractivity contribution in [1.29, 1.82) is 0 Å². The number of halogens is 1. The monoisotopic (exact) mass is 493 g/mol. The van der Waals surface area contributed by atoms with Crippen molar-refractivity contribution in [3.63, 3.8) is 0 Å². The van der Waals surface area contributed by atoms with Crippen LogP contribution in [0.2, 0.25) is 0 Å². The van der Waals surface area contributed by atoms with Crippen LogP contribution in [-0.4, -0.2) is 46.9 Å². The smallest absolute Gasteiger partial charge is 0.203 e. The van der Waals surface area contributed by atoms with E-state index in [2.05, 4.69) is 29.5 Å². The lowest BCUT2D eigenvalue weighted by Crippen LogP contribution is -2.42. The maximum atomic E-state index is 5.53. The summed E-state index contributed by atoms with van der Waals surface area (Å²) in [5, 5.41) is 6.81. The third kappa shape index (κ3) is 8.45. The molecule has 0 saturated heterocycles. The molecule has 1 atom stereocenters. The Kier molecular flexibility index (Phi) is 13.9. The molecular formula is C20H36IN3O3. The average Bonchev–Trinajstić information content (AvgIpc) is 2.66. The van der Waals surface area contributed by atoms with E-state index in [1.807, 2.05) is 12.1 Å². The van der Waals surface area contributed by atoms with E-state index >= 15 is 0 Å². The fourth-order valence-electron chi connectivity index (χ4n) is 2.88. The molecule has 0 aliphatic heterocycles. The number of benzene rings is 1. The molecule has 2 N–H and O–H groups in total. The molecule has 1 unspecified atom stereocenters. The molecule has 0 aromatic heterocycles. The first-order valence-electron chi connectivity index (χ1n) is 9.36. The highest BCUT2D eigenvalue weighted by molar-refractivity contribution is 14.0. The molecule has 0 saturated carbocycles. The van der Waals surface area contributed by atoms with Gasteiger partial charge in [-0.25, -0.2) is 0 Å². The zero-order chi connectivity index (χ0) is 19.4. The van der Waals surface area contributed by atoms with Gasteiger partial charge in [-0.05, 0) is 25.8 Å². The summed E-state index contributed by atoms with van der Waals surface area (Å²) in [6, 6.07) is 4.31. The van der Waals surface area contributed by atoms with Gasteiger partial charge in [-0.1, -0.05) is 32.3 Å². The van der Waals surface area contributed by atoms with Crippen molar-refractivity contribution in [2.75, 3.05) is 34.9 Å². The summed E-state index contributed by atoms with van der Waals surface area (Å²) in [6.07, 6.45) is 5.70. The van der Waals surface area contributed by atoms with Gasteiger partial charge in [-0.2, -0.15) is 0 Å². The van der Waals surface area contributed by atoms with Gasteiger partial charge in [0.2, 0.25) is 5.75 Å². The van der Waals surface area contributed by atoms with E-state index in [-0.39, 0.29) is 24.0 Å². The Hall–Kier alpha value is -1.38. The lowest BCUT2D eigenvalue weighted by Gasteiger charge is -2.19. The quantitative estimate of drug-likeness (QED) is 0.211. The molecule has 0 amide bonds. The van der Waals surface area contributed by atoms with Crippen LogP contribution < -0.4 is 24.8 Å². The molecule has 1 aromatic carbocycles. The summed E-state index contributed by atoms with van der Waals surface area (Å²) in [6.45, 7) is 5.16. The number of guanidine groups is 1. The van der Waals surface area contributed by atoms with Crippen molar-refractivity contribution in [2.45, 2.75) is 52.0 Å². The zero-order valence-corrected chi connectivity index (χ0v) is 19.9. The van der Waals surface area contributed by atoms with Crippen LogP contribution >= 0.6 is 24.0 Å². The highest BCUT2D eigenvalue weighted by Crippen LogP contribution is 2.39. The minimum Gasteiger partial charge on any atom is -0.493 e. The summed E-state index contributed by atoms with van der Waals surface area (Å²) in [5.41, 5.74) is 1.06. The molecule has 0 bridgehead atoms. The normalized spacial score (nSPS) is 12.0. The molecule has 156 valence electrons. The molecule has 7 heteroatoms. The van der Waals surface area contributed by atoms with Crippen LogP contribution in [0.1, 0.15) is 45.1 Å². The summed E-state index contributed by atoms with van der Waals surface area (Å²) in [5.74, 6) is 2.83. The molecule has 0 spiro atoms. The van der Waals surface area contributed by atoms with Gasteiger partial charge in [0.25, 0.3) is 0 Å². The van der Waals surface area contributed by atoms with Gasteiger partial charge in [0, 0.05) is 25.2 Å². The van der Waals surface area contributed by atoms with E-state index in [9.17, 15) is 0 Å². The Labute approximate surface area is 181 Å². The summed E-state index contributed by atoms with van der Waals surface area (Å²) < 4.78 is 16.3. The lowest BCUT2D eigenvalue weighted by atomic mass is 10.1. The number of unbranched alkanes of at least 4 members (excludes halogenated alkanes) is 2. The van der Waals surface area contributed by atoms with E-state index in [0.29, 0.717) is 23.3 Å². The molecule has 0 aliphatic carbocycles. The average molecular weight is 493 g/mol. The maximum Gasteiger partial charge on any atom is 0.203 e. The standard InChI is InChI=1S/C20H35N3O3.HI/c1-7-8-9-10-15(2)23-20(21-3)22-14-13-16-11-12-17(24-4)19(26-6)18(16)25-5;/h11-12,15H,7-10,13-14H2,1-6H3,(H2,21,22,23);1H. The Morgan fingerprint density at radius 2 is 1.78 bits per heavy atom. The number of rotatable bonds is 11. The van der Waals surface area contributed by atoms with E-state index in [4.69, 9.17) is 14.2 Å². The Bertz CT molecular complexity index is 568. The minimum atomic E-state index is 0. The Morgan fingerprint density at radius 3 is 2.33 bits per heavy atom. The van der Waals surface area contributed by atoms with Crippen LogP contribution in [-0.2, 0) is 6.42 Å². The molecule has 0 fully saturated rings. The maximum absolute atomic E-state index is 5.53. The zero-order valence-electron chi connectivity index (χ0n) is 17.6.